The maximum atomic E-state index is 10.9. The van der Waals surface area contributed by atoms with Crippen molar-refractivity contribution in [1.82, 2.24) is 5.32 Å². The number of nitrogens with one attached hydrogen (secondary N) is 1. The maximum Gasteiger partial charge on any atom is 0.312 e. The van der Waals surface area contributed by atoms with E-state index in [-0.39, 0.29) is 17.0 Å². The van der Waals surface area contributed by atoms with E-state index in [4.69, 9.17) is 10.00 Å². The fraction of sp³-hybridized carbons (Fsp3) is 0.462. The summed E-state index contributed by atoms with van der Waals surface area (Å²) < 4.78 is 5.56. The standard InChI is InChI=1S/C13H15N3O3/c14-8-11-1-2-13(12(7-11)16(17)18)19-9-10-3-5-15-6-4-10/h1-2,7,10,15H,3-6,9H2. The maximum absolute atomic E-state index is 10.9. The minimum atomic E-state index is -0.515. The van der Waals surface area contributed by atoms with Gasteiger partial charge in [-0.15, -0.1) is 0 Å². The topological polar surface area (TPSA) is 88.2 Å². The lowest BCUT2D eigenvalue weighted by Crippen LogP contribution is -2.30. The van der Waals surface area contributed by atoms with Crippen LogP contribution in [0, 0.1) is 27.4 Å². The summed E-state index contributed by atoms with van der Waals surface area (Å²) in [6.45, 7) is 2.40. The average Bonchev–Trinajstić information content (AvgIpc) is 2.46. The Morgan fingerprint density at radius 2 is 2.21 bits per heavy atom. The molecule has 1 aliphatic heterocycles. The third-order valence-corrected chi connectivity index (χ3v) is 3.22. The average molecular weight is 261 g/mol. The highest BCUT2D eigenvalue weighted by Gasteiger charge is 2.19. The van der Waals surface area contributed by atoms with Crippen LogP contribution in [0.25, 0.3) is 0 Å². The summed E-state index contributed by atoms with van der Waals surface area (Å²) in [5.74, 6) is 0.666. The van der Waals surface area contributed by atoms with Gasteiger partial charge in [-0.05, 0) is 44.0 Å². The van der Waals surface area contributed by atoms with E-state index in [1.54, 1.807) is 0 Å². The Balaban J connectivity index is 2.06. The number of nitriles is 1. The summed E-state index contributed by atoms with van der Waals surface area (Å²) in [6.07, 6.45) is 2.04. The molecule has 1 N–H and O–H groups in total. The number of piperidine rings is 1. The second-order valence-corrected chi connectivity index (χ2v) is 4.56. The predicted octanol–water partition coefficient (Wildman–Crippen LogP) is 1.84. The molecule has 0 aliphatic carbocycles. The Kier molecular flexibility index (Phi) is 4.31. The lowest BCUT2D eigenvalue weighted by atomic mass is 9.99. The first-order valence-electron chi connectivity index (χ1n) is 6.23. The van der Waals surface area contributed by atoms with E-state index >= 15 is 0 Å². The van der Waals surface area contributed by atoms with Gasteiger partial charge in [0.15, 0.2) is 5.75 Å². The molecule has 1 fully saturated rings. The number of nitro groups is 1. The summed E-state index contributed by atoms with van der Waals surface area (Å²) in [5, 5.41) is 23.0. The van der Waals surface area contributed by atoms with Crippen molar-refractivity contribution in [2.75, 3.05) is 19.7 Å². The Hall–Kier alpha value is -2.13. The molecule has 1 aromatic carbocycles. The molecule has 0 saturated carbocycles. The Morgan fingerprint density at radius 1 is 1.47 bits per heavy atom. The Morgan fingerprint density at radius 3 is 2.84 bits per heavy atom. The third kappa shape index (κ3) is 3.42. The Bertz CT molecular complexity index is 504. The minimum Gasteiger partial charge on any atom is -0.487 e. The lowest BCUT2D eigenvalue weighted by molar-refractivity contribution is -0.385. The number of hydrogen-bond donors (Lipinski definition) is 1. The molecule has 6 heteroatoms. The van der Waals surface area contributed by atoms with Crippen molar-refractivity contribution in [2.45, 2.75) is 12.8 Å². The number of nitro benzene ring substituents is 1. The van der Waals surface area contributed by atoms with Gasteiger partial charge in [-0.1, -0.05) is 0 Å². The summed E-state index contributed by atoms with van der Waals surface area (Å²) in [6, 6.07) is 6.16. The van der Waals surface area contributed by atoms with Gasteiger partial charge in [0, 0.05) is 6.07 Å². The number of benzene rings is 1. The van der Waals surface area contributed by atoms with Crippen molar-refractivity contribution in [3.05, 3.63) is 33.9 Å². The molecule has 0 aromatic heterocycles. The van der Waals surface area contributed by atoms with Crippen LogP contribution in [0.4, 0.5) is 5.69 Å². The first-order valence-corrected chi connectivity index (χ1v) is 6.23. The van der Waals surface area contributed by atoms with Crippen LogP contribution >= 0.6 is 0 Å². The fourth-order valence-electron chi connectivity index (χ4n) is 2.11. The monoisotopic (exact) mass is 261 g/mol. The van der Waals surface area contributed by atoms with Crippen molar-refractivity contribution < 1.29 is 9.66 Å². The van der Waals surface area contributed by atoms with Crippen LogP contribution in [0.3, 0.4) is 0 Å². The molecule has 0 atom stereocenters. The van der Waals surface area contributed by atoms with Crippen LogP contribution in [-0.2, 0) is 0 Å². The molecule has 100 valence electrons. The van der Waals surface area contributed by atoms with Gasteiger partial charge >= 0.3 is 5.69 Å². The molecule has 1 saturated heterocycles. The number of rotatable bonds is 4. The van der Waals surface area contributed by atoms with Crippen molar-refractivity contribution >= 4 is 5.69 Å². The quantitative estimate of drug-likeness (QED) is 0.660. The summed E-state index contributed by atoms with van der Waals surface area (Å²) >= 11 is 0. The molecule has 19 heavy (non-hydrogen) atoms. The molecule has 1 heterocycles. The van der Waals surface area contributed by atoms with E-state index in [1.807, 2.05) is 6.07 Å². The van der Waals surface area contributed by atoms with E-state index in [1.165, 1.54) is 18.2 Å². The normalized spacial score (nSPS) is 15.7. The zero-order valence-corrected chi connectivity index (χ0v) is 10.5. The van der Waals surface area contributed by atoms with Gasteiger partial charge in [0.05, 0.1) is 23.2 Å². The third-order valence-electron chi connectivity index (χ3n) is 3.22. The molecule has 0 bridgehead atoms. The fourth-order valence-corrected chi connectivity index (χ4v) is 2.11. The lowest BCUT2D eigenvalue weighted by Gasteiger charge is -2.22. The highest BCUT2D eigenvalue weighted by molar-refractivity contribution is 5.51. The van der Waals surface area contributed by atoms with Crippen molar-refractivity contribution in [1.29, 1.82) is 5.26 Å². The highest BCUT2D eigenvalue weighted by atomic mass is 16.6. The van der Waals surface area contributed by atoms with Crippen LogP contribution < -0.4 is 10.1 Å². The van der Waals surface area contributed by atoms with Gasteiger partial charge in [-0.25, -0.2) is 0 Å². The molecular weight excluding hydrogens is 246 g/mol. The minimum absolute atomic E-state index is 0.145. The van der Waals surface area contributed by atoms with E-state index in [2.05, 4.69) is 5.32 Å². The smallest absolute Gasteiger partial charge is 0.312 e. The highest BCUT2D eigenvalue weighted by Crippen LogP contribution is 2.28. The van der Waals surface area contributed by atoms with E-state index < -0.39 is 4.92 Å². The van der Waals surface area contributed by atoms with Crippen LogP contribution in [-0.4, -0.2) is 24.6 Å². The Labute approximate surface area is 111 Å². The van der Waals surface area contributed by atoms with Crippen molar-refractivity contribution in [2.24, 2.45) is 5.92 Å². The van der Waals surface area contributed by atoms with Gasteiger partial charge < -0.3 is 10.1 Å². The predicted molar refractivity (Wildman–Crippen MR) is 68.9 cm³/mol. The molecule has 0 unspecified atom stereocenters. The molecule has 1 aromatic rings. The van der Waals surface area contributed by atoms with Gasteiger partial charge in [0.25, 0.3) is 0 Å². The van der Waals surface area contributed by atoms with Crippen molar-refractivity contribution in [3.63, 3.8) is 0 Å². The zero-order valence-electron chi connectivity index (χ0n) is 10.5. The number of nitrogens with zero attached hydrogens (tertiary/aromatic N) is 2. The van der Waals surface area contributed by atoms with Gasteiger partial charge in [-0.2, -0.15) is 5.26 Å². The second kappa shape index (κ2) is 6.16. The second-order valence-electron chi connectivity index (χ2n) is 4.56. The van der Waals surface area contributed by atoms with Crippen LogP contribution in [0.1, 0.15) is 18.4 Å². The molecule has 0 spiro atoms. The van der Waals surface area contributed by atoms with Gasteiger partial charge in [-0.3, -0.25) is 10.1 Å². The SMILES string of the molecule is N#Cc1ccc(OCC2CCNCC2)c([N+](=O)[O-])c1. The van der Waals surface area contributed by atoms with Crippen molar-refractivity contribution in [3.8, 4) is 11.8 Å². The molecule has 2 rings (SSSR count). The summed E-state index contributed by atoms with van der Waals surface area (Å²) in [4.78, 5) is 10.4. The number of hydrogen-bond acceptors (Lipinski definition) is 5. The molecule has 6 nitrogen and oxygen atoms in total. The molecule has 1 aliphatic rings. The van der Waals surface area contributed by atoms with Gasteiger partial charge in [0.1, 0.15) is 0 Å². The van der Waals surface area contributed by atoms with E-state index in [0.29, 0.717) is 12.5 Å². The molecular formula is C13H15N3O3. The summed E-state index contributed by atoms with van der Waals surface area (Å²) in [5.41, 5.74) is 0.119. The van der Waals surface area contributed by atoms with E-state index in [9.17, 15) is 10.1 Å². The largest absolute Gasteiger partial charge is 0.487 e. The summed E-state index contributed by atoms with van der Waals surface area (Å²) in [7, 11) is 0. The zero-order chi connectivity index (χ0) is 13.7. The van der Waals surface area contributed by atoms with E-state index in [0.717, 1.165) is 25.9 Å². The molecule has 0 radical (unpaired) electrons. The first kappa shape index (κ1) is 13.3. The van der Waals surface area contributed by atoms with Crippen LogP contribution in [0.15, 0.2) is 18.2 Å². The first-order chi connectivity index (χ1) is 9.20. The number of ether oxygens (including phenoxy) is 1. The van der Waals surface area contributed by atoms with Crippen LogP contribution in [0.2, 0.25) is 0 Å². The van der Waals surface area contributed by atoms with Gasteiger partial charge in [0.2, 0.25) is 0 Å². The molecule has 0 amide bonds. The van der Waals surface area contributed by atoms with Crippen LogP contribution in [0.5, 0.6) is 5.75 Å².